The second kappa shape index (κ2) is 10.7. The number of benzene rings is 3. The van der Waals surface area contributed by atoms with Crippen molar-refractivity contribution in [3.8, 4) is 33.8 Å². The smallest absolute Gasteiger partial charge is 0.405 e. The van der Waals surface area contributed by atoms with E-state index in [0.717, 1.165) is 12.1 Å². The Labute approximate surface area is 205 Å². The van der Waals surface area contributed by atoms with Gasteiger partial charge in [0.25, 0.3) is 0 Å². The highest BCUT2D eigenvalue weighted by Gasteiger charge is 2.45. The molecule has 0 N–H and O–H groups in total. The summed E-state index contributed by atoms with van der Waals surface area (Å²) in [7, 11) is 1.66. The lowest BCUT2D eigenvalue weighted by atomic mass is 9.99. The van der Waals surface area contributed by atoms with Gasteiger partial charge in [-0.05, 0) is 47.0 Å². The fourth-order valence-corrected chi connectivity index (χ4v) is 3.71. The maximum atomic E-state index is 14.7. The first-order chi connectivity index (χ1) is 17.2. The molecule has 4 rings (SSSR count). The van der Waals surface area contributed by atoms with Crippen LogP contribution in [-0.2, 0) is 9.47 Å². The van der Waals surface area contributed by atoms with Crippen molar-refractivity contribution in [1.29, 1.82) is 0 Å². The number of rotatable bonds is 8. The zero-order valence-corrected chi connectivity index (χ0v) is 19.3. The zero-order valence-electron chi connectivity index (χ0n) is 19.3. The molecular formula is C26H22BF5O4. The minimum absolute atomic E-state index is 0.0368. The minimum atomic E-state index is -3.73. The number of ether oxygens (including phenoxy) is 4. The van der Waals surface area contributed by atoms with Gasteiger partial charge in [0.2, 0.25) is 5.82 Å². The Kier molecular flexibility index (Phi) is 7.66. The largest absolute Gasteiger partial charge is 0.500 e. The van der Waals surface area contributed by atoms with E-state index in [1.165, 1.54) is 24.3 Å². The molecule has 1 aliphatic rings. The lowest BCUT2D eigenvalue weighted by Gasteiger charge is -2.32. The molecule has 36 heavy (non-hydrogen) atoms. The van der Waals surface area contributed by atoms with Crippen molar-refractivity contribution in [3.63, 3.8) is 0 Å². The second-order valence-electron chi connectivity index (χ2n) is 8.03. The molecule has 0 aliphatic carbocycles. The predicted octanol–water partition coefficient (Wildman–Crippen LogP) is 5.55. The standard InChI is InChI=1S/C26H22BF5O4/c1-2-23-33-12-18(13-34-23)26(31,32)36-21-9-7-17(11-20(21)28)15-3-5-16(6-4-15)19-8-10-22(35-14-27)25(30)24(19)29/h2-11,18,23H,1,12-14,27H2. The summed E-state index contributed by atoms with van der Waals surface area (Å²) in [6.07, 6.45) is -3.16. The lowest BCUT2D eigenvalue weighted by molar-refractivity contribution is -0.281. The van der Waals surface area contributed by atoms with Crippen molar-refractivity contribution in [2.45, 2.75) is 12.4 Å². The van der Waals surface area contributed by atoms with Gasteiger partial charge in [-0.15, -0.1) is 0 Å². The SMILES string of the molecule is BCOc1ccc(-c2ccc(-c3ccc(OC(F)(F)C4COC(C=C)OC4)c(F)c3)cc2)c(F)c1F. The van der Waals surface area contributed by atoms with Gasteiger partial charge in [-0.2, -0.15) is 13.2 Å². The van der Waals surface area contributed by atoms with Gasteiger partial charge in [0.15, 0.2) is 37.3 Å². The predicted molar refractivity (Wildman–Crippen MR) is 126 cm³/mol. The Balaban J connectivity index is 1.49. The van der Waals surface area contributed by atoms with Crippen LogP contribution in [0.4, 0.5) is 22.0 Å². The Morgan fingerprint density at radius 1 is 0.889 bits per heavy atom. The maximum Gasteiger partial charge on any atom is 0.405 e. The van der Waals surface area contributed by atoms with Crippen molar-refractivity contribution >= 4 is 7.85 Å². The summed E-state index contributed by atoms with van der Waals surface area (Å²) in [6.45, 7) is 2.99. The average Bonchev–Trinajstić information content (AvgIpc) is 2.88. The summed E-state index contributed by atoms with van der Waals surface area (Å²) in [5.74, 6) is -5.34. The van der Waals surface area contributed by atoms with E-state index in [-0.39, 0.29) is 31.0 Å². The van der Waals surface area contributed by atoms with E-state index in [1.807, 2.05) is 0 Å². The molecule has 0 radical (unpaired) electrons. The van der Waals surface area contributed by atoms with E-state index >= 15 is 0 Å². The highest BCUT2D eigenvalue weighted by molar-refractivity contribution is 6.08. The molecule has 188 valence electrons. The Morgan fingerprint density at radius 2 is 1.50 bits per heavy atom. The van der Waals surface area contributed by atoms with E-state index in [1.54, 1.807) is 32.1 Å². The first kappa shape index (κ1) is 25.7. The van der Waals surface area contributed by atoms with Gasteiger partial charge in [-0.3, -0.25) is 0 Å². The number of alkyl halides is 2. The highest BCUT2D eigenvalue weighted by Crippen LogP contribution is 2.35. The van der Waals surface area contributed by atoms with Gasteiger partial charge in [-0.1, -0.05) is 36.9 Å². The zero-order chi connectivity index (χ0) is 25.9. The van der Waals surface area contributed by atoms with Crippen molar-refractivity contribution < 1.29 is 40.9 Å². The molecule has 3 aromatic rings. The minimum Gasteiger partial charge on any atom is -0.500 e. The summed E-state index contributed by atoms with van der Waals surface area (Å²) in [4.78, 5) is 0. The third kappa shape index (κ3) is 5.39. The van der Waals surface area contributed by atoms with Crippen LogP contribution >= 0.6 is 0 Å². The van der Waals surface area contributed by atoms with Crippen LogP contribution in [0.15, 0.2) is 67.3 Å². The topological polar surface area (TPSA) is 36.9 Å². The Hall–Kier alpha value is -3.37. The van der Waals surface area contributed by atoms with Crippen molar-refractivity contribution in [1.82, 2.24) is 0 Å². The molecule has 1 heterocycles. The molecule has 0 bridgehead atoms. The van der Waals surface area contributed by atoms with Crippen LogP contribution in [-0.4, -0.2) is 40.0 Å². The van der Waals surface area contributed by atoms with Gasteiger partial charge in [0.05, 0.1) is 19.7 Å². The van der Waals surface area contributed by atoms with Gasteiger partial charge in [0, 0.05) is 5.56 Å². The van der Waals surface area contributed by atoms with E-state index in [0.29, 0.717) is 16.7 Å². The molecule has 3 aromatic carbocycles. The molecule has 0 aromatic heterocycles. The number of hydrogen-bond acceptors (Lipinski definition) is 4. The van der Waals surface area contributed by atoms with E-state index in [2.05, 4.69) is 11.3 Å². The van der Waals surface area contributed by atoms with Crippen LogP contribution in [0, 0.1) is 23.4 Å². The fraction of sp³-hybridized carbons (Fsp3) is 0.231. The van der Waals surface area contributed by atoms with Gasteiger partial charge in [0.1, 0.15) is 5.92 Å². The molecule has 4 nitrogen and oxygen atoms in total. The highest BCUT2D eigenvalue weighted by atomic mass is 19.3. The second-order valence-corrected chi connectivity index (χ2v) is 8.03. The summed E-state index contributed by atoms with van der Waals surface area (Å²) in [6, 6.07) is 12.6. The van der Waals surface area contributed by atoms with E-state index in [4.69, 9.17) is 14.2 Å². The molecule has 0 atom stereocenters. The van der Waals surface area contributed by atoms with Crippen molar-refractivity contribution in [2.75, 3.05) is 19.7 Å². The van der Waals surface area contributed by atoms with Crippen LogP contribution in [0.5, 0.6) is 11.5 Å². The maximum absolute atomic E-state index is 14.7. The molecule has 0 unspecified atom stereocenters. The third-order valence-electron chi connectivity index (χ3n) is 5.64. The molecule has 0 amide bonds. The number of hydrogen-bond donors (Lipinski definition) is 0. The van der Waals surface area contributed by atoms with Gasteiger partial charge >= 0.3 is 6.11 Å². The van der Waals surface area contributed by atoms with Gasteiger partial charge < -0.3 is 18.9 Å². The normalized spacial score (nSPS) is 18.0. The summed E-state index contributed by atoms with van der Waals surface area (Å²) < 4.78 is 92.3. The quantitative estimate of drug-likeness (QED) is 0.229. The number of halogens is 5. The van der Waals surface area contributed by atoms with Crippen molar-refractivity contribution in [2.24, 2.45) is 5.92 Å². The summed E-state index contributed by atoms with van der Waals surface area (Å²) in [5.41, 5.74) is 1.35. The van der Waals surface area contributed by atoms with Crippen LogP contribution in [0.1, 0.15) is 0 Å². The summed E-state index contributed by atoms with van der Waals surface area (Å²) >= 11 is 0. The molecule has 0 spiro atoms. The molecule has 1 saturated heterocycles. The van der Waals surface area contributed by atoms with Crippen molar-refractivity contribution in [3.05, 3.63) is 84.7 Å². The first-order valence-electron chi connectivity index (χ1n) is 11.2. The molecule has 0 saturated carbocycles. The molecular weight excluding hydrogens is 482 g/mol. The van der Waals surface area contributed by atoms with E-state index in [9.17, 15) is 22.0 Å². The van der Waals surface area contributed by atoms with Gasteiger partial charge in [-0.25, -0.2) is 8.78 Å². The van der Waals surface area contributed by atoms with E-state index < -0.39 is 41.5 Å². The fourth-order valence-electron chi connectivity index (χ4n) is 3.71. The van der Waals surface area contributed by atoms with Crippen LogP contribution in [0.2, 0.25) is 0 Å². The average molecular weight is 504 g/mol. The van der Waals surface area contributed by atoms with Crippen LogP contribution in [0.3, 0.4) is 0 Å². The molecule has 1 aliphatic heterocycles. The molecule has 10 heteroatoms. The molecule has 1 fully saturated rings. The monoisotopic (exact) mass is 504 g/mol. The Morgan fingerprint density at radius 3 is 2.11 bits per heavy atom. The summed E-state index contributed by atoms with van der Waals surface area (Å²) in [5, 5.41) is 0. The van der Waals surface area contributed by atoms with Crippen LogP contribution < -0.4 is 9.47 Å². The third-order valence-corrected chi connectivity index (χ3v) is 5.64. The lowest BCUT2D eigenvalue weighted by Crippen LogP contribution is -2.45. The van der Waals surface area contributed by atoms with Crippen LogP contribution in [0.25, 0.3) is 22.3 Å². The first-order valence-corrected chi connectivity index (χ1v) is 11.2. The Bertz CT molecular complexity index is 1230.